The summed E-state index contributed by atoms with van der Waals surface area (Å²) in [7, 11) is 0. The largest absolute Gasteiger partial charge is 0.266 e. The Balaban J connectivity index is 1.96. The molecule has 0 spiro atoms. The Kier molecular flexibility index (Phi) is 2.53. The van der Waals surface area contributed by atoms with Gasteiger partial charge in [0.15, 0.2) is 5.65 Å². The van der Waals surface area contributed by atoms with Gasteiger partial charge in [-0.3, -0.25) is 4.68 Å². The lowest BCUT2D eigenvalue weighted by Gasteiger charge is -1.99. The molecule has 0 aliphatic carbocycles. The molecule has 17 heavy (non-hydrogen) atoms. The summed E-state index contributed by atoms with van der Waals surface area (Å²) in [4.78, 5) is 4.17. The molecule has 2 aromatic heterocycles. The minimum atomic E-state index is 0.475. The molecule has 0 saturated carbocycles. The minimum absolute atomic E-state index is 0.475. The van der Waals surface area contributed by atoms with Crippen LogP contribution >= 0.6 is 11.6 Å². The smallest absolute Gasteiger partial charge is 0.182 e. The zero-order valence-electron chi connectivity index (χ0n) is 9.05. The molecular weight excluding hydrogens is 234 g/mol. The number of hydrogen-bond donors (Lipinski definition) is 0. The Morgan fingerprint density at radius 1 is 1.06 bits per heavy atom. The van der Waals surface area contributed by atoms with Crippen LogP contribution < -0.4 is 0 Å². The van der Waals surface area contributed by atoms with Crippen molar-refractivity contribution in [3.05, 3.63) is 59.4 Å². The average Bonchev–Trinajstić information content (AvgIpc) is 2.71. The van der Waals surface area contributed by atoms with E-state index in [2.05, 4.69) is 22.2 Å². The van der Waals surface area contributed by atoms with E-state index in [0.717, 1.165) is 11.9 Å². The fraction of sp³-hybridized carbons (Fsp3) is 0.0769. The van der Waals surface area contributed by atoms with Crippen LogP contribution in [0, 0.1) is 0 Å². The molecule has 0 saturated heterocycles. The molecule has 0 unspecified atom stereocenters. The van der Waals surface area contributed by atoms with Crippen molar-refractivity contribution >= 4 is 22.6 Å². The summed E-state index contributed by atoms with van der Waals surface area (Å²) in [5.41, 5.74) is 1.90. The zero-order valence-corrected chi connectivity index (χ0v) is 9.80. The third kappa shape index (κ3) is 2.15. The Morgan fingerprint density at radius 3 is 2.71 bits per heavy atom. The number of aromatic nitrogens is 3. The third-order valence-electron chi connectivity index (χ3n) is 2.57. The van der Waals surface area contributed by atoms with E-state index in [0.29, 0.717) is 10.8 Å². The summed E-state index contributed by atoms with van der Waals surface area (Å²) in [5, 5.41) is 5.87. The van der Waals surface area contributed by atoms with Crippen LogP contribution in [0.5, 0.6) is 0 Å². The van der Waals surface area contributed by atoms with Crippen molar-refractivity contribution < 1.29 is 0 Å². The number of rotatable bonds is 2. The van der Waals surface area contributed by atoms with Gasteiger partial charge in [0.25, 0.3) is 0 Å². The van der Waals surface area contributed by atoms with Crippen molar-refractivity contribution in [3.63, 3.8) is 0 Å². The second-order valence-corrected chi connectivity index (χ2v) is 4.25. The molecule has 0 bridgehead atoms. The lowest BCUT2D eigenvalue weighted by Crippen LogP contribution is -1.99. The first-order valence-corrected chi connectivity index (χ1v) is 5.73. The molecule has 0 atom stereocenters. The predicted octanol–water partition coefficient (Wildman–Crippen LogP) is 3.13. The van der Waals surface area contributed by atoms with Gasteiger partial charge < -0.3 is 0 Å². The highest BCUT2D eigenvalue weighted by Crippen LogP contribution is 2.14. The molecule has 4 heteroatoms. The van der Waals surface area contributed by atoms with Crippen molar-refractivity contribution in [2.75, 3.05) is 0 Å². The minimum Gasteiger partial charge on any atom is -0.266 e. The number of nitrogens with zero attached hydrogens (tertiary/aromatic N) is 3. The fourth-order valence-corrected chi connectivity index (χ4v) is 1.92. The van der Waals surface area contributed by atoms with Gasteiger partial charge in [-0.2, -0.15) is 5.10 Å². The summed E-state index contributed by atoms with van der Waals surface area (Å²) >= 11 is 5.83. The number of halogens is 1. The van der Waals surface area contributed by atoms with E-state index >= 15 is 0 Å². The lowest BCUT2D eigenvalue weighted by molar-refractivity contribution is 0.693. The van der Waals surface area contributed by atoms with E-state index in [-0.39, 0.29) is 0 Å². The van der Waals surface area contributed by atoms with Gasteiger partial charge in [0, 0.05) is 11.6 Å². The molecule has 0 amide bonds. The van der Waals surface area contributed by atoms with Crippen LogP contribution in [0.4, 0.5) is 0 Å². The predicted molar refractivity (Wildman–Crippen MR) is 68.1 cm³/mol. The van der Waals surface area contributed by atoms with Gasteiger partial charge >= 0.3 is 0 Å². The fourth-order valence-electron chi connectivity index (χ4n) is 1.78. The monoisotopic (exact) mass is 243 g/mol. The first-order chi connectivity index (χ1) is 8.31. The molecule has 2 heterocycles. The summed E-state index contributed by atoms with van der Waals surface area (Å²) in [6.45, 7) is 0.745. The maximum Gasteiger partial charge on any atom is 0.182 e. The van der Waals surface area contributed by atoms with Gasteiger partial charge in [-0.25, -0.2) is 4.98 Å². The van der Waals surface area contributed by atoms with Gasteiger partial charge in [-0.15, -0.1) is 0 Å². The lowest BCUT2D eigenvalue weighted by atomic mass is 10.2. The molecule has 0 aliphatic heterocycles. The van der Waals surface area contributed by atoms with Crippen LogP contribution in [0.3, 0.4) is 0 Å². The molecular formula is C13H10ClN3. The van der Waals surface area contributed by atoms with Gasteiger partial charge in [-0.05, 0) is 17.7 Å². The number of fused-ring (bicyclic) bond motifs is 1. The van der Waals surface area contributed by atoms with Gasteiger partial charge in [0.05, 0.1) is 6.54 Å². The van der Waals surface area contributed by atoms with Crippen molar-refractivity contribution in [2.24, 2.45) is 0 Å². The molecule has 0 fully saturated rings. The first-order valence-electron chi connectivity index (χ1n) is 5.35. The van der Waals surface area contributed by atoms with Crippen molar-refractivity contribution in [2.45, 2.75) is 6.54 Å². The van der Waals surface area contributed by atoms with Crippen LogP contribution in [-0.4, -0.2) is 14.8 Å². The quantitative estimate of drug-likeness (QED) is 0.648. The summed E-state index contributed by atoms with van der Waals surface area (Å²) < 4.78 is 1.88. The Bertz CT molecular complexity index is 646. The van der Waals surface area contributed by atoms with Gasteiger partial charge in [0.2, 0.25) is 0 Å². The van der Waals surface area contributed by atoms with Crippen molar-refractivity contribution in [1.29, 1.82) is 0 Å². The SMILES string of the molecule is Clc1ccc2cn(Cc3ccccc3)nc2n1. The van der Waals surface area contributed by atoms with Crippen LogP contribution in [0.1, 0.15) is 5.56 Å². The van der Waals surface area contributed by atoms with E-state index in [1.54, 1.807) is 6.07 Å². The number of hydrogen-bond acceptors (Lipinski definition) is 2. The molecule has 1 aromatic carbocycles. The van der Waals surface area contributed by atoms with Crippen LogP contribution in [-0.2, 0) is 6.54 Å². The van der Waals surface area contributed by atoms with E-state index in [9.17, 15) is 0 Å². The van der Waals surface area contributed by atoms with Gasteiger partial charge in [0.1, 0.15) is 5.15 Å². The number of benzene rings is 1. The second kappa shape index (κ2) is 4.18. The zero-order chi connectivity index (χ0) is 11.7. The highest BCUT2D eigenvalue weighted by atomic mass is 35.5. The molecule has 0 radical (unpaired) electrons. The molecule has 84 valence electrons. The summed E-state index contributed by atoms with van der Waals surface area (Å²) in [5.74, 6) is 0. The second-order valence-electron chi connectivity index (χ2n) is 3.86. The summed E-state index contributed by atoms with van der Waals surface area (Å²) in [6.07, 6.45) is 1.98. The molecule has 3 nitrogen and oxygen atoms in total. The van der Waals surface area contributed by atoms with E-state index < -0.39 is 0 Å². The summed E-state index contributed by atoms with van der Waals surface area (Å²) in [6, 6.07) is 13.9. The molecule has 0 N–H and O–H groups in total. The van der Waals surface area contributed by atoms with Crippen LogP contribution in [0.15, 0.2) is 48.7 Å². The maximum atomic E-state index is 5.83. The Hall–Kier alpha value is -1.87. The van der Waals surface area contributed by atoms with Crippen LogP contribution in [0.25, 0.3) is 11.0 Å². The highest BCUT2D eigenvalue weighted by molar-refractivity contribution is 6.29. The topological polar surface area (TPSA) is 30.7 Å². The standard InChI is InChI=1S/C13H10ClN3/c14-12-7-6-11-9-17(16-13(11)15-12)8-10-4-2-1-3-5-10/h1-7,9H,8H2. The molecule has 3 rings (SSSR count). The normalized spacial score (nSPS) is 10.9. The highest BCUT2D eigenvalue weighted by Gasteiger charge is 2.03. The Morgan fingerprint density at radius 2 is 1.88 bits per heavy atom. The van der Waals surface area contributed by atoms with Crippen molar-refractivity contribution in [1.82, 2.24) is 14.8 Å². The van der Waals surface area contributed by atoms with E-state index in [1.165, 1.54) is 5.56 Å². The maximum absolute atomic E-state index is 5.83. The average molecular weight is 244 g/mol. The Labute approximate surface area is 104 Å². The molecule has 3 aromatic rings. The third-order valence-corrected chi connectivity index (χ3v) is 2.78. The van der Waals surface area contributed by atoms with E-state index in [1.807, 2.05) is 35.1 Å². The van der Waals surface area contributed by atoms with Gasteiger partial charge in [-0.1, -0.05) is 41.9 Å². The van der Waals surface area contributed by atoms with Crippen LogP contribution in [0.2, 0.25) is 5.15 Å². The van der Waals surface area contributed by atoms with Crippen molar-refractivity contribution in [3.8, 4) is 0 Å². The number of pyridine rings is 1. The first kappa shape index (κ1) is 10.3. The molecule has 0 aliphatic rings. The van der Waals surface area contributed by atoms with E-state index in [4.69, 9.17) is 11.6 Å².